The Kier molecular flexibility index (Phi) is 2.39. The summed E-state index contributed by atoms with van der Waals surface area (Å²) in [5, 5.41) is 13.8. The van der Waals surface area contributed by atoms with Gasteiger partial charge in [-0.15, -0.1) is 0 Å². The van der Waals surface area contributed by atoms with Crippen molar-refractivity contribution in [1.29, 1.82) is 0 Å². The number of rotatable bonds is 2. The number of aryl methyl sites for hydroxylation is 1. The number of hydrogen-bond donors (Lipinski definition) is 1. The highest BCUT2D eigenvalue weighted by atomic mass is 16.4. The lowest BCUT2D eigenvalue weighted by molar-refractivity contribution is -0.148. The van der Waals surface area contributed by atoms with Crippen LogP contribution in [0.2, 0.25) is 0 Å². The minimum absolute atomic E-state index is 0.0775. The first-order chi connectivity index (χ1) is 7.73. The molecule has 0 spiro atoms. The summed E-state index contributed by atoms with van der Waals surface area (Å²) in [5.41, 5.74) is 0.131. The molecule has 94 valence electrons. The number of hydrogen-bond acceptors (Lipinski definition) is 2. The van der Waals surface area contributed by atoms with E-state index in [2.05, 4.69) is 5.10 Å². The molecule has 1 aliphatic rings. The summed E-state index contributed by atoms with van der Waals surface area (Å²) in [5.74, 6) is -0.454. The van der Waals surface area contributed by atoms with Crippen LogP contribution in [0.25, 0.3) is 0 Å². The highest BCUT2D eigenvalue weighted by molar-refractivity contribution is 5.82. The van der Waals surface area contributed by atoms with Crippen molar-refractivity contribution in [1.82, 2.24) is 9.78 Å². The van der Waals surface area contributed by atoms with Crippen LogP contribution in [0.1, 0.15) is 39.2 Å². The first-order valence-electron chi connectivity index (χ1n) is 5.95. The van der Waals surface area contributed by atoms with Gasteiger partial charge in [-0.05, 0) is 16.9 Å². The predicted octanol–water partition coefficient (Wildman–Crippen LogP) is 2.27. The van der Waals surface area contributed by atoms with Crippen LogP contribution >= 0.6 is 0 Å². The Bertz CT molecular complexity index is 458. The molecule has 1 aliphatic carbocycles. The quantitative estimate of drug-likeness (QED) is 0.857. The van der Waals surface area contributed by atoms with Gasteiger partial charge in [0.25, 0.3) is 0 Å². The van der Waals surface area contributed by atoms with E-state index in [1.807, 2.05) is 40.9 Å². The van der Waals surface area contributed by atoms with Crippen LogP contribution in [0.3, 0.4) is 0 Å². The van der Waals surface area contributed by atoms with Gasteiger partial charge in [-0.1, -0.05) is 27.7 Å². The summed E-state index contributed by atoms with van der Waals surface area (Å²) in [6.45, 7) is 8.05. The van der Waals surface area contributed by atoms with Gasteiger partial charge in [0.15, 0.2) is 0 Å². The van der Waals surface area contributed by atoms with Crippen molar-refractivity contribution in [2.45, 2.75) is 33.6 Å². The second kappa shape index (κ2) is 3.34. The molecule has 1 aromatic heterocycles. The van der Waals surface area contributed by atoms with Crippen molar-refractivity contribution in [2.24, 2.45) is 23.8 Å². The molecule has 3 unspecified atom stereocenters. The number of carboxylic acids is 1. The van der Waals surface area contributed by atoms with Crippen molar-refractivity contribution in [3.05, 3.63) is 18.0 Å². The van der Waals surface area contributed by atoms with Crippen molar-refractivity contribution >= 4 is 5.97 Å². The lowest BCUT2D eigenvalue weighted by atomic mass is 9.74. The highest BCUT2D eigenvalue weighted by Gasteiger charge is 2.73. The van der Waals surface area contributed by atoms with Gasteiger partial charge in [-0.25, -0.2) is 0 Å². The van der Waals surface area contributed by atoms with E-state index in [0.29, 0.717) is 0 Å². The number of nitrogens with zero attached hydrogens (tertiary/aromatic N) is 2. The topological polar surface area (TPSA) is 55.1 Å². The third kappa shape index (κ3) is 1.43. The average molecular weight is 236 g/mol. The van der Waals surface area contributed by atoms with Gasteiger partial charge < -0.3 is 5.11 Å². The standard InChI is InChI=1S/C13H20N2O2/c1-8-10(9-6-14-15(5)7-9)13(8,11(16)17)12(2,3)4/h6-8,10H,1-5H3,(H,16,17). The first-order valence-corrected chi connectivity index (χ1v) is 5.95. The van der Waals surface area contributed by atoms with E-state index in [1.54, 1.807) is 10.9 Å². The summed E-state index contributed by atoms with van der Waals surface area (Å²) in [6.07, 6.45) is 3.72. The molecular formula is C13H20N2O2. The summed E-state index contributed by atoms with van der Waals surface area (Å²) < 4.78 is 1.73. The van der Waals surface area contributed by atoms with E-state index in [9.17, 15) is 9.90 Å². The fourth-order valence-corrected chi connectivity index (χ4v) is 3.51. The Morgan fingerprint density at radius 3 is 2.41 bits per heavy atom. The van der Waals surface area contributed by atoms with Crippen LogP contribution in [0.15, 0.2) is 12.4 Å². The molecule has 4 heteroatoms. The molecule has 0 bridgehead atoms. The van der Waals surface area contributed by atoms with Crippen molar-refractivity contribution in [3.63, 3.8) is 0 Å². The first kappa shape index (κ1) is 12.1. The summed E-state index contributed by atoms with van der Waals surface area (Å²) in [4.78, 5) is 11.7. The number of carbonyl (C=O) groups is 1. The zero-order valence-corrected chi connectivity index (χ0v) is 11.1. The molecule has 0 radical (unpaired) electrons. The second-order valence-corrected chi connectivity index (χ2v) is 6.14. The van der Waals surface area contributed by atoms with Gasteiger partial charge in [0.05, 0.1) is 11.6 Å². The van der Waals surface area contributed by atoms with E-state index in [4.69, 9.17) is 0 Å². The molecular weight excluding hydrogens is 216 g/mol. The van der Waals surface area contributed by atoms with E-state index in [-0.39, 0.29) is 17.3 Å². The highest BCUT2D eigenvalue weighted by Crippen LogP contribution is 2.72. The molecule has 1 fully saturated rings. The predicted molar refractivity (Wildman–Crippen MR) is 64.6 cm³/mol. The van der Waals surface area contributed by atoms with Gasteiger partial charge in [0, 0.05) is 19.2 Å². The fraction of sp³-hybridized carbons (Fsp3) is 0.692. The smallest absolute Gasteiger partial charge is 0.311 e. The van der Waals surface area contributed by atoms with Gasteiger partial charge in [-0.3, -0.25) is 9.48 Å². The molecule has 1 saturated carbocycles. The SMILES string of the molecule is CC1C(c2cnn(C)c2)C1(C(=O)O)C(C)(C)C. The molecule has 4 nitrogen and oxygen atoms in total. The van der Waals surface area contributed by atoms with Crippen LogP contribution in [-0.2, 0) is 11.8 Å². The van der Waals surface area contributed by atoms with Gasteiger partial charge >= 0.3 is 5.97 Å². The molecule has 0 aromatic carbocycles. The molecule has 0 saturated heterocycles. The maximum absolute atomic E-state index is 11.7. The molecule has 0 aliphatic heterocycles. The number of aromatic nitrogens is 2. The third-order valence-corrected chi connectivity index (χ3v) is 4.28. The average Bonchev–Trinajstić information content (AvgIpc) is 2.58. The van der Waals surface area contributed by atoms with E-state index >= 15 is 0 Å². The van der Waals surface area contributed by atoms with E-state index < -0.39 is 11.4 Å². The van der Waals surface area contributed by atoms with Crippen molar-refractivity contribution < 1.29 is 9.90 Å². The van der Waals surface area contributed by atoms with Gasteiger partial charge in [0.1, 0.15) is 0 Å². The Balaban J connectivity index is 2.43. The Morgan fingerprint density at radius 1 is 1.53 bits per heavy atom. The van der Waals surface area contributed by atoms with Crippen molar-refractivity contribution in [2.75, 3.05) is 0 Å². The summed E-state index contributed by atoms with van der Waals surface area (Å²) in [7, 11) is 1.86. The molecule has 17 heavy (non-hydrogen) atoms. The minimum Gasteiger partial charge on any atom is -0.481 e. The molecule has 0 amide bonds. The van der Waals surface area contributed by atoms with Crippen LogP contribution in [0.4, 0.5) is 0 Å². The van der Waals surface area contributed by atoms with Crippen LogP contribution in [-0.4, -0.2) is 20.9 Å². The van der Waals surface area contributed by atoms with Crippen LogP contribution in [0.5, 0.6) is 0 Å². The maximum Gasteiger partial charge on any atom is 0.311 e. The zero-order valence-electron chi connectivity index (χ0n) is 11.1. The fourth-order valence-electron chi connectivity index (χ4n) is 3.51. The molecule has 3 atom stereocenters. The largest absolute Gasteiger partial charge is 0.481 e. The monoisotopic (exact) mass is 236 g/mol. The molecule has 1 N–H and O–H groups in total. The summed E-state index contributed by atoms with van der Waals surface area (Å²) >= 11 is 0. The van der Waals surface area contributed by atoms with Gasteiger partial charge in [-0.2, -0.15) is 5.10 Å². The van der Waals surface area contributed by atoms with Crippen molar-refractivity contribution in [3.8, 4) is 0 Å². The van der Waals surface area contributed by atoms with Gasteiger partial charge in [0.2, 0.25) is 0 Å². The molecule has 2 rings (SSSR count). The number of carboxylic acid groups (broad SMARTS) is 1. The number of aliphatic carboxylic acids is 1. The van der Waals surface area contributed by atoms with Crippen LogP contribution in [0, 0.1) is 16.7 Å². The summed E-state index contributed by atoms with van der Waals surface area (Å²) in [6, 6.07) is 0. The lowest BCUT2D eigenvalue weighted by Gasteiger charge is -2.29. The van der Waals surface area contributed by atoms with E-state index in [1.165, 1.54) is 0 Å². The Hall–Kier alpha value is -1.32. The third-order valence-electron chi connectivity index (χ3n) is 4.28. The normalized spacial score (nSPS) is 32.5. The minimum atomic E-state index is -0.689. The second-order valence-electron chi connectivity index (χ2n) is 6.14. The maximum atomic E-state index is 11.7. The molecule has 1 aromatic rings. The van der Waals surface area contributed by atoms with Crippen LogP contribution < -0.4 is 0 Å². The zero-order chi connectivity index (χ0) is 13.0. The molecule has 1 heterocycles. The Morgan fingerprint density at radius 2 is 2.12 bits per heavy atom. The lowest BCUT2D eigenvalue weighted by Crippen LogP contribution is -2.33. The van der Waals surface area contributed by atoms with E-state index in [0.717, 1.165) is 5.56 Å². The Labute approximate surface area is 102 Å².